The lowest BCUT2D eigenvalue weighted by Gasteiger charge is -2.12. The molecule has 2 aromatic rings. The van der Waals surface area contributed by atoms with Crippen molar-refractivity contribution < 1.29 is 19.2 Å². The molecule has 2 aromatic carbocycles. The molecule has 1 N–H and O–H groups in total. The molecule has 0 heterocycles. The van der Waals surface area contributed by atoms with Crippen molar-refractivity contribution in [3.8, 4) is 11.5 Å². The number of anilines is 1. The Hall–Kier alpha value is -2.36. The number of benzene rings is 2. The Labute approximate surface area is 152 Å². The minimum absolute atomic E-state index is 0.0943. The summed E-state index contributed by atoms with van der Waals surface area (Å²) in [5.74, 6) is -0.111. The number of hydrogen-bond acceptors (Lipinski definition) is 5. The van der Waals surface area contributed by atoms with Crippen molar-refractivity contribution in [2.75, 3.05) is 19.0 Å². The molecule has 0 aliphatic heterocycles. The highest BCUT2D eigenvalue weighted by Gasteiger charge is 2.24. The van der Waals surface area contributed by atoms with E-state index in [2.05, 4.69) is 27.9 Å². The molecule has 0 bridgehead atoms. The van der Waals surface area contributed by atoms with E-state index < -0.39 is 10.8 Å². The standard InChI is InChI=1S/C16H15IN2O5/c1-3-24-15-8-12(13(19(21)22)9-14(15)23-2)16(20)18-11-6-4-5-10(17)7-11/h4-9H,3H2,1-2H3,(H,18,20). The molecule has 0 atom stereocenters. The zero-order valence-corrected chi connectivity index (χ0v) is 15.2. The van der Waals surface area contributed by atoms with Crippen molar-refractivity contribution in [2.45, 2.75) is 6.92 Å². The summed E-state index contributed by atoms with van der Waals surface area (Å²) in [4.78, 5) is 23.2. The molecular weight excluding hydrogens is 427 g/mol. The van der Waals surface area contributed by atoms with Crippen LogP contribution >= 0.6 is 22.6 Å². The van der Waals surface area contributed by atoms with Crippen molar-refractivity contribution in [3.63, 3.8) is 0 Å². The molecule has 0 saturated heterocycles. The molecule has 2 rings (SSSR count). The highest BCUT2D eigenvalue weighted by atomic mass is 127. The minimum Gasteiger partial charge on any atom is -0.493 e. The molecule has 126 valence electrons. The van der Waals surface area contributed by atoms with Crippen molar-refractivity contribution in [1.82, 2.24) is 0 Å². The van der Waals surface area contributed by atoms with Gasteiger partial charge in [-0.05, 0) is 47.7 Å². The number of rotatable bonds is 6. The molecule has 0 unspecified atom stereocenters. The lowest BCUT2D eigenvalue weighted by atomic mass is 10.1. The number of nitrogens with one attached hydrogen (secondary N) is 1. The summed E-state index contributed by atoms with van der Waals surface area (Å²) in [6.45, 7) is 2.11. The fourth-order valence-corrected chi connectivity index (χ4v) is 2.62. The van der Waals surface area contributed by atoms with Crippen molar-refractivity contribution >= 4 is 39.9 Å². The van der Waals surface area contributed by atoms with Crippen LogP contribution in [0.5, 0.6) is 11.5 Å². The van der Waals surface area contributed by atoms with Crippen LogP contribution in [0.2, 0.25) is 0 Å². The van der Waals surface area contributed by atoms with E-state index in [0.717, 1.165) is 3.57 Å². The fourth-order valence-electron chi connectivity index (χ4n) is 2.07. The fraction of sp³-hybridized carbons (Fsp3) is 0.188. The predicted octanol–water partition coefficient (Wildman–Crippen LogP) is 3.86. The molecule has 0 saturated carbocycles. The molecule has 7 nitrogen and oxygen atoms in total. The number of nitrogens with zero attached hydrogens (tertiary/aromatic N) is 1. The van der Waals surface area contributed by atoms with Gasteiger partial charge in [-0.1, -0.05) is 6.07 Å². The van der Waals surface area contributed by atoms with E-state index in [9.17, 15) is 14.9 Å². The Morgan fingerprint density at radius 2 is 2.04 bits per heavy atom. The summed E-state index contributed by atoms with van der Waals surface area (Å²) in [5, 5.41) is 14.0. The van der Waals surface area contributed by atoms with Crippen molar-refractivity contribution in [2.24, 2.45) is 0 Å². The third-order valence-corrected chi connectivity index (χ3v) is 3.78. The van der Waals surface area contributed by atoms with Gasteiger partial charge >= 0.3 is 0 Å². The summed E-state index contributed by atoms with van der Waals surface area (Å²) >= 11 is 2.11. The highest BCUT2D eigenvalue weighted by molar-refractivity contribution is 14.1. The largest absolute Gasteiger partial charge is 0.493 e. The van der Waals surface area contributed by atoms with Crippen molar-refractivity contribution in [1.29, 1.82) is 0 Å². The normalized spacial score (nSPS) is 10.1. The van der Waals surface area contributed by atoms with Gasteiger partial charge in [0.05, 0.1) is 24.7 Å². The first-order valence-electron chi connectivity index (χ1n) is 7.02. The number of carbonyl (C=O) groups excluding carboxylic acids is 1. The van der Waals surface area contributed by atoms with E-state index in [-0.39, 0.29) is 22.7 Å². The van der Waals surface area contributed by atoms with Gasteiger partial charge in [0.25, 0.3) is 11.6 Å². The third-order valence-electron chi connectivity index (χ3n) is 3.11. The second-order valence-electron chi connectivity index (χ2n) is 4.67. The zero-order chi connectivity index (χ0) is 17.7. The molecule has 24 heavy (non-hydrogen) atoms. The smallest absolute Gasteiger partial charge is 0.286 e. The van der Waals surface area contributed by atoms with Gasteiger partial charge < -0.3 is 14.8 Å². The zero-order valence-electron chi connectivity index (χ0n) is 13.0. The first-order chi connectivity index (χ1) is 11.5. The Morgan fingerprint density at radius 1 is 1.29 bits per heavy atom. The highest BCUT2D eigenvalue weighted by Crippen LogP contribution is 2.35. The van der Waals surface area contributed by atoms with Crippen LogP contribution in [0.25, 0.3) is 0 Å². The number of methoxy groups -OCH3 is 1. The number of carbonyl (C=O) groups is 1. The van der Waals surface area contributed by atoms with Gasteiger partial charge in [-0.25, -0.2) is 0 Å². The van der Waals surface area contributed by atoms with E-state index in [1.165, 1.54) is 19.2 Å². The second kappa shape index (κ2) is 7.95. The topological polar surface area (TPSA) is 90.7 Å². The number of nitro groups is 1. The number of hydrogen-bond donors (Lipinski definition) is 1. The van der Waals surface area contributed by atoms with Gasteiger partial charge in [-0.2, -0.15) is 0 Å². The molecule has 8 heteroatoms. The second-order valence-corrected chi connectivity index (χ2v) is 5.92. The molecule has 0 aromatic heterocycles. The molecule has 0 fully saturated rings. The summed E-state index contributed by atoms with van der Waals surface area (Å²) in [7, 11) is 1.38. The van der Waals surface area contributed by atoms with E-state index >= 15 is 0 Å². The van der Waals surface area contributed by atoms with Crippen LogP contribution in [0.3, 0.4) is 0 Å². The molecule has 0 radical (unpaired) electrons. The molecule has 0 aliphatic carbocycles. The summed E-state index contributed by atoms with van der Waals surface area (Å²) in [6, 6.07) is 9.64. The van der Waals surface area contributed by atoms with Gasteiger partial charge in [-0.3, -0.25) is 14.9 Å². The maximum Gasteiger partial charge on any atom is 0.286 e. The van der Waals surface area contributed by atoms with E-state index in [4.69, 9.17) is 9.47 Å². The molecule has 1 amide bonds. The maximum atomic E-state index is 12.5. The van der Waals surface area contributed by atoms with Crippen LogP contribution in [0.1, 0.15) is 17.3 Å². The third kappa shape index (κ3) is 4.13. The van der Waals surface area contributed by atoms with Gasteiger partial charge in [0.15, 0.2) is 11.5 Å². The Kier molecular flexibility index (Phi) is 5.96. The quantitative estimate of drug-likeness (QED) is 0.417. The van der Waals surface area contributed by atoms with Crippen LogP contribution in [-0.2, 0) is 0 Å². The van der Waals surface area contributed by atoms with E-state index in [1.54, 1.807) is 25.1 Å². The van der Waals surface area contributed by atoms with Crippen LogP contribution < -0.4 is 14.8 Å². The maximum absolute atomic E-state index is 12.5. The van der Waals surface area contributed by atoms with Gasteiger partial charge in [-0.15, -0.1) is 0 Å². The van der Waals surface area contributed by atoms with Crippen LogP contribution in [0.15, 0.2) is 36.4 Å². The summed E-state index contributed by atoms with van der Waals surface area (Å²) in [6.07, 6.45) is 0. The minimum atomic E-state index is -0.623. The van der Waals surface area contributed by atoms with Crippen molar-refractivity contribution in [3.05, 3.63) is 55.6 Å². The van der Waals surface area contributed by atoms with Gasteiger partial charge in [0.1, 0.15) is 5.56 Å². The first kappa shape index (κ1) is 18.0. The lowest BCUT2D eigenvalue weighted by molar-refractivity contribution is -0.385. The van der Waals surface area contributed by atoms with Crippen LogP contribution in [0.4, 0.5) is 11.4 Å². The SMILES string of the molecule is CCOc1cc(C(=O)Nc2cccc(I)c2)c([N+](=O)[O-])cc1OC. The Balaban J connectivity index is 2.44. The Morgan fingerprint density at radius 3 is 2.62 bits per heavy atom. The number of halogens is 1. The lowest BCUT2D eigenvalue weighted by Crippen LogP contribution is -2.14. The van der Waals surface area contributed by atoms with E-state index in [1.807, 2.05) is 6.07 Å². The van der Waals surface area contributed by atoms with Crippen LogP contribution in [0, 0.1) is 13.7 Å². The summed E-state index contributed by atoms with van der Waals surface area (Å²) in [5.41, 5.74) is 0.108. The molecule has 0 spiro atoms. The predicted molar refractivity (Wildman–Crippen MR) is 97.9 cm³/mol. The molecular formula is C16H15IN2O5. The van der Waals surface area contributed by atoms with Crippen LogP contribution in [-0.4, -0.2) is 24.5 Å². The molecule has 0 aliphatic rings. The average molecular weight is 442 g/mol. The number of ether oxygens (including phenoxy) is 2. The van der Waals surface area contributed by atoms with E-state index in [0.29, 0.717) is 12.3 Å². The van der Waals surface area contributed by atoms with Gasteiger partial charge in [0.2, 0.25) is 0 Å². The first-order valence-corrected chi connectivity index (χ1v) is 8.10. The number of amides is 1. The number of nitro benzene ring substituents is 1. The summed E-state index contributed by atoms with van der Waals surface area (Å²) < 4.78 is 11.4. The monoisotopic (exact) mass is 442 g/mol. The van der Waals surface area contributed by atoms with Gasteiger partial charge in [0, 0.05) is 15.3 Å². The average Bonchev–Trinajstić information content (AvgIpc) is 2.54. The Bertz CT molecular complexity index is 779.